The lowest BCUT2D eigenvalue weighted by atomic mass is 10.2. The Balaban J connectivity index is 1.55. The van der Waals surface area contributed by atoms with Crippen LogP contribution in [0, 0.1) is 0 Å². The number of halogens is 1. The van der Waals surface area contributed by atoms with Gasteiger partial charge in [0.2, 0.25) is 0 Å². The lowest BCUT2D eigenvalue weighted by Crippen LogP contribution is -2.20. The summed E-state index contributed by atoms with van der Waals surface area (Å²) < 4.78 is 7.08. The quantitative estimate of drug-likeness (QED) is 0.517. The second-order valence-corrected chi connectivity index (χ2v) is 7.08. The summed E-state index contributed by atoms with van der Waals surface area (Å²) in [5, 5.41) is 8.75. The van der Waals surface area contributed by atoms with Gasteiger partial charge in [-0.05, 0) is 24.3 Å². The van der Waals surface area contributed by atoms with Gasteiger partial charge in [0.05, 0.1) is 0 Å². The minimum atomic E-state index is -0.301. The van der Waals surface area contributed by atoms with E-state index in [0.29, 0.717) is 21.6 Å². The van der Waals surface area contributed by atoms with E-state index in [9.17, 15) is 4.79 Å². The van der Waals surface area contributed by atoms with Crippen molar-refractivity contribution in [3.8, 4) is 22.0 Å². The standard InChI is InChI=1S/C19H14ClN5O2S/c20-14-8-6-13(7-9-14)17-18(25-12-21-11-22-25)28-19(24-17)23-16(26)10-27-15-4-2-1-3-5-15/h1-9,11-12H,10H2,(H,23,24,26). The first-order valence-electron chi connectivity index (χ1n) is 8.28. The van der Waals surface area contributed by atoms with Gasteiger partial charge in [-0.25, -0.2) is 14.6 Å². The van der Waals surface area contributed by atoms with Crippen LogP contribution in [0.15, 0.2) is 67.3 Å². The van der Waals surface area contributed by atoms with Crippen LogP contribution < -0.4 is 10.1 Å². The molecule has 0 saturated carbocycles. The van der Waals surface area contributed by atoms with Gasteiger partial charge in [0.15, 0.2) is 11.7 Å². The third-order valence-electron chi connectivity index (χ3n) is 3.71. The highest BCUT2D eigenvalue weighted by atomic mass is 35.5. The summed E-state index contributed by atoms with van der Waals surface area (Å²) in [4.78, 5) is 20.8. The predicted octanol–water partition coefficient (Wildman–Crippen LogP) is 4.06. The third kappa shape index (κ3) is 4.19. The second-order valence-electron chi connectivity index (χ2n) is 5.67. The fraction of sp³-hybridized carbons (Fsp3) is 0.0526. The number of nitrogens with zero attached hydrogens (tertiary/aromatic N) is 4. The van der Waals surface area contributed by atoms with Crippen LogP contribution >= 0.6 is 22.9 Å². The molecule has 2 heterocycles. The number of carbonyl (C=O) groups is 1. The maximum atomic E-state index is 12.3. The van der Waals surface area contributed by atoms with Gasteiger partial charge >= 0.3 is 0 Å². The highest BCUT2D eigenvalue weighted by molar-refractivity contribution is 7.18. The SMILES string of the molecule is O=C(COc1ccccc1)Nc1nc(-c2ccc(Cl)cc2)c(-n2cncn2)s1. The van der Waals surface area contributed by atoms with E-state index < -0.39 is 0 Å². The molecule has 2 aromatic heterocycles. The number of anilines is 1. The van der Waals surface area contributed by atoms with Gasteiger partial charge in [0.1, 0.15) is 29.1 Å². The Morgan fingerprint density at radius 3 is 2.64 bits per heavy atom. The van der Waals surface area contributed by atoms with Crippen LogP contribution in [0.2, 0.25) is 5.02 Å². The number of carbonyl (C=O) groups excluding carboxylic acids is 1. The average molecular weight is 412 g/mol. The van der Waals surface area contributed by atoms with E-state index in [-0.39, 0.29) is 12.5 Å². The van der Waals surface area contributed by atoms with E-state index in [1.807, 2.05) is 30.3 Å². The number of amides is 1. The first-order chi connectivity index (χ1) is 13.7. The fourth-order valence-electron chi connectivity index (χ4n) is 2.45. The van der Waals surface area contributed by atoms with Crippen molar-refractivity contribution in [1.29, 1.82) is 0 Å². The van der Waals surface area contributed by atoms with Crippen LogP contribution in [0.4, 0.5) is 5.13 Å². The first kappa shape index (κ1) is 18.1. The van der Waals surface area contributed by atoms with Crippen molar-refractivity contribution in [2.24, 2.45) is 0 Å². The molecule has 0 bridgehead atoms. The molecule has 9 heteroatoms. The van der Waals surface area contributed by atoms with Gasteiger partial charge in [-0.15, -0.1) is 0 Å². The fourth-order valence-corrected chi connectivity index (χ4v) is 3.51. The van der Waals surface area contributed by atoms with Crippen LogP contribution in [0.5, 0.6) is 5.75 Å². The van der Waals surface area contributed by atoms with Crippen LogP contribution in [0.25, 0.3) is 16.3 Å². The summed E-state index contributed by atoms with van der Waals surface area (Å²) in [5.41, 5.74) is 1.53. The number of aromatic nitrogens is 4. The van der Waals surface area contributed by atoms with Crippen molar-refractivity contribution < 1.29 is 9.53 Å². The Morgan fingerprint density at radius 1 is 1.14 bits per heavy atom. The summed E-state index contributed by atoms with van der Waals surface area (Å²) in [5.74, 6) is 0.326. The summed E-state index contributed by atoms with van der Waals surface area (Å²) in [6.45, 7) is -0.113. The number of thiazole rings is 1. The summed E-state index contributed by atoms with van der Waals surface area (Å²) in [6, 6.07) is 16.4. The van der Waals surface area contributed by atoms with Gasteiger partial charge in [-0.1, -0.05) is 53.3 Å². The van der Waals surface area contributed by atoms with Crippen molar-refractivity contribution in [1.82, 2.24) is 19.7 Å². The molecule has 0 saturated heterocycles. The smallest absolute Gasteiger partial charge is 0.264 e. The normalized spacial score (nSPS) is 10.6. The van der Waals surface area contributed by atoms with Crippen LogP contribution in [-0.4, -0.2) is 32.3 Å². The largest absolute Gasteiger partial charge is 0.484 e. The van der Waals surface area contributed by atoms with E-state index >= 15 is 0 Å². The van der Waals surface area contributed by atoms with E-state index in [0.717, 1.165) is 10.6 Å². The Morgan fingerprint density at radius 2 is 1.93 bits per heavy atom. The lowest BCUT2D eigenvalue weighted by molar-refractivity contribution is -0.118. The predicted molar refractivity (Wildman–Crippen MR) is 108 cm³/mol. The highest BCUT2D eigenvalue weighted by Gasteiger charge is 2.17. The Bertz CT molecular complexity index is 1070. The van der Waals surface area contributed by atoms with Crippen LogP contribution in [0.3, 0.4) is 0 Å². The number of benzene rings is 2. The number of hydrogen-bond donors (Lipinski definition) is 1. The monoisotopic (exact) mass is 411 g/mol. The van der Waals surface area contributed by atoms with Crippen molar-refractivity contribution in [2.45, 2.75) is 0 Å². The molecule has 0 aliphatic rings. The molecule has 0 radical (unpaired) electrons. The van der Waals surface area contributed by atoms with Gasteiger partial charge in [0.25, 0.3) is 5.91 Å². The van der Waals surface area contributed by atoms with E-state index in [4.69, 9.17) is 16.3 Å². The van der Waals surface area contributed by atoms with Crippen molar-refractivity contribution in [2.75, 3.05) is 11.9 Å². The third-order valence-corrected chi connectivity index (χ3v) is 4.93. The summed E-state index contributed by atoms with van der Waals surface area (Å²) in [6.07, 6.45) is 3.02. The molecule has 1 N–H and O–H groups in total. The second kappa shape index (κ2) is 8.20. The summed E-state index contributed by atoms with van der Waals surface area (Å²) >= 11 is 7.28. The van der Waals surface area contributed by atoms with E-state index in [2.05, 4.69) is 20.4 Å². The zero-order valence-corrected chi connectivity index (χ0v) is 16.0. The lowest BCUT2D eigenvalue weighted by Gasteiger charge is -2.05. The maximum Gasteiger partial charge on any atom is 0.264 e. The van der Waals surface area contributed by atoms with Gasteiger partial charge in [0, 0.05) is 10.6 Å². The summed E-state index contributed by atoms with van der Waals surface area (Å²) in [7, 11) is 0. The molecule has 28 heavy (non-hydrogen) atoms. The molecule has 4 rings (SSSR count). The molecule has 0 aliphatic carbocycles. The number of hydrogen-bond acceptors (Lipinski definition) is 6. The Hall–Kier alpha value is -3.23. The topological polar surface area (TPSA) is 81.9 Å². The van der Waals surface area contributed by atoms with Crippen LogP contribution in [0.1, 0.15) is 0 Å². The van der Waals surface area contributed by atoms with Crippen molar-refractivity contribution in [3.05, 3.63) is 72.3 Å². The van der Waals surface area contributed by atoms with Crippen molar-refractivity contribution >= 4 is 34.0 Å². The van der Waals surface area contributed by atoms with Crippen molar-refractivity contribution in [3.63, 3.8) is 0 Å². The molecular weight excluding hydrogens is 398 g/mol. The van der Waals surface area contributed by atoms with Gasteiger partial charge < -0.3 is 4.74 Å². The molecule has 0 unspecified atom stereocenters. The van der Waals surface area contributed by atoms with E-state index in [1.165, 1.54) is 17.7 Å². The number of para-hydroxylation sites is 1. The zero-order valence-electron chi connectivity index (χ0n) is 14.4. The molecule has 4 aromatic rings. The first-order valence-corrected chi connectivity index (χ1v) is 9.48. The molecule has 7 nitrogen and oxygen atoms in total. The minimum Gasteiger partial charge on any atom is -0.484 e. The zero-order chi connectivity index (χ0) is 19.3. The van der Waals surface area contributed by atoms with Gasteiger partial charge in [-0.3, -0.25) is 10.1 Å². The molecule has 140 valence electrons. The molecular formula is C19H14ClN5O2S. The molecule has 0 atom stereocenters. The minimum absolute atomic E-state index is 0.113. The number of nitrogens with one attached hydrogen (secondary N) is 1. The van der Waals surface area contributed by atoms with Crippen LogP contribution in [-0.2, 0) is 4.79 Å². The molecule has 0 fully saturated rings. The number of ether oxygens (including phenoxy) is 1. The highest BCUT2D eigenvalue weighted by Crippen LogP contribution is 2.34. The molecule has 2 aromatic carbocycles. The molecule has 0 spiro atoms. The van der Waals surface area contributed by atoms with Gasteiger partial charge in [-0.2, -0.15) is 5.10 Å². The Kier molecular flexibility index (Phi) is 5.31. The maximum absolute atomic E-state index is 12.3. The number of rotatable bonds is 6. The molecule has 0 aliphatic heterocycles. The Labute approximate surface area is 169 Å². The molecule has 1 amide bonds. The van der Waals surface area contributed by atoms with E-state index in [1.54, 1.807) is 35.3 Å². The average Bonchev–Trinajstić information content (AvgIpc) is 3.38.